The van der Waals surface area contributed by atoms with Gasteiger partial charge in [-0.2, -0.15) is 5.26 Å². The maximum absolute atomic E-state index is 12.2. The van der Waals surface area contributed by atoms with Gasteiger partial charge in [-0.15, -0.1) is 0 Å². The third-order valence-electron chi connectivity index (χ3n) is 3.14. The van der Waals surface area contributed by atoms with Gasteiger partial charge in [0.2, 0.25) is 0 Å². The molecule has 1 unspecified atom stereocenters. The highest BCUT2D eigenvalue weighted by Gasteiger charge is 2.24. The van der Waals surface area contributed by atoms with E-state index >= 15 is 0 Å². The number of halogens is 1. The molecule has 1 amide bonds. The topological polar surface area (TPSA) is 57.0 Å². The second kappa shape index (κ2) is 5.96. The Morgan fingerprint density at radius 1 is 1.61 bits per heavy atom. The number of pyridine rings is 1. The van der Waals surface area contributed by atoms with Crippen LogP contribution in [0.2, 0.25) is 0 Å². The van der Waals surface area contributed by atoms with E-state index in [4.69, 9.17) is 5.26 Å². The zero-order valence-electron chi connectivity index (χ0n) is 9.97. The van der Waals surface area contributed by atoms with Crippen molar-refractivity contribution in [3.63, 3.8) is 0 Å². The minimum Gasteiger partial charge on any atom is -0.337 e. The number of amides is 1. The Morgan fingerprint density at radius 3 is 3.06 bits per heavy atom. The minimum absolute atomic E-state index is 0.0369. The predicted molar refractivity (Wildman–Crippen MR) is 71.4 cm³/mol. The molecule has 1 aliphatic heterocycles. The van der Waals surface area contributed by atoms with Crippen LogP contribution in [0.1, 0.15) is 28.9 Å². The van der Waals surface area contributed by atoms with E-state index in [9.17, 15) is 4.79 Å². The number of carbonyl (C=O) groups is 1. The molecule has 0 saturated carbocycles. The van der Waals surface area contributed by atoms with Crippen molar-refractivity contribution in [2.75, 3.05) is 18.4 Å². The number of likely N-dealkylation sites (tertiary alicyclic amines) is 1. The van der Waals surface area contributed by atoms with E-state index in [1.807, 2.05) is 11.0 Å². The van der Waals surface area contributed by atoms with Gasteiger partial charge in [-0.3, -0.25) is 4.79 Å². The van der Waals surface area contributed by atoms with Gasteiger partial charge >= 0.3 is 0 Å². The lowest BCUT2D eigenvalue weighted by atomic mass is 10.00. The zero-order chi connectivity index (χ0) is 13.0. The van der Waals surface area contributed by atoms with Crippen LogP contribution in [0.5, 0.6) is 0 Å². The second-order valence-corrected chi connectivity index (χ2v) is 5.11. The number of hydrogen-bond acceptors (Lipinski definition) is 3. The molecule has 0 spiro atoms. The van der Waals surface area contributed by atoms with E-state index in [1.54, 1.807) is 12.1 Å². The van der Waals surface area contributed by atoms with Crippen LogP contribution >= 0.6 is 15.9 Å². The summed E-state index contributed by atoms with van der Waals surface area (Å²) in [5, 5.41) is 9.62. The Balaban J connectivity index is 2.08. The Labute approximate surface area is 115 Å². The normalized spacial score (nSPS) is 19.3. The zero-order valence-corrected chi connectivity index (χ0v) is 11.6. The molecule has 0 bridgehead atoms. The van der Waals surface area contributed by atoms with Gasteiger partial charge in [0.05, 0.1) is 5.56 Å². The molecular weight excluding hydrogens is 294 g/mol. The van der Waals surface area contributed by atoms with E-state index in [0.29, 0.717) is 17.2 Å². The number of nitriles is 1. The lowest BCUT2D eigenvalue weighted by Gasteiger charge is -2.31. The molecule has 0 radical (unpaired) electrons. The van der Waals surface area contributed by atoms with E-state index < -0.39 is 0 Å². The molecule has 1 aromatic heterocycles. The van der Waals surface area contributed by atoms with Crippen LogP contribution in [0.25, 0.3) is 0 Å². The van der Waals surface area contributed by atoms with E-state index in [1.165, 1.54) is 6.20 Å². The SMILES string of the molecule is N#Cc1ccc(C(=O)N2CCCC(CBr)C2)nc1. The van der Waals surface area contributed by atoms with Crippen LogP contribution in [-0.2, 0) is 0 Å². The Kier molecular flexibility index (Phi) is 4.32. The standard InChI is InChI=1S/C13H14BrN3O/c14-6-10-2-1-5-17(9-10)13(18)12-4-3-11(7-15)8-16-12/h3-4,8,10H,1-2,5-6,9H2. The highest BCUT2D eigenvalue weighted by molar-refractivity contribution is 9.09. The molecule has 1 aliphatic rings. The first kappa shape index (κ1) is 13.0. The van der Waals surface area contributed by atoms with Crippen molar-refractivity contribution in [2.24, 2.45) is 5.92 Å². The first-order valence-electron chi connectivity index (χ1n) is 5.96. The van der Waals surface area contributed by atoms with Crippen molar-refractivity contribution in [1.82, 2.24) is 9.88 Å². The van der Waals surface area contributed by atoms with Crippen molar-refractivity contribution in [1.29, 1.82) is 5.26 Å². The quantitative estimate of drug-likeness (QED) is 0.787. The number of piperidine rings is 1. The summed E-state index contributed by atoms with van der Waals surface area (Å²) >= 11 is 3.47. The van der Waals surface area contributed by atoms with Crippen LogP contribution in [-0.4, -0.2) is 34.2 Å². The van der Waals surface area contributed by atoms with Crippen LogP contribution in [0.3, 0.4) is 0 Å². The fraction of sp³-hybridized carbons (Fsp3) is 0.462. The Hall–Kier alpha value is -1.41. The fourth-order valence-electron chi connectivity index (χ4n) is 2.12. The van der Waals surface area contributed by atoms with E-state index in [0.717, 1.165) is 31.3 Å². The Morgan fingerprint density at radius 2 is 2.44 bits per heavy atom. The summed E-state index contributed by atoms with van der Waals surface area (Å²) in [5.74, 6) is 0.492. The first-order chi connectivity index (χ1) is 8.74. The summed E-state index contributed by atoms with van der Waals surface area (Å²) in [4.78, 5) is 18.1. The molecule has 2 rings (SSSR count). The van der Waals surface area contributed by atoms with Crippen LogP contribution < -0.4 is 0 Å². The predicted octanol–water partition coefficient (Wildman–Crippen LogP) is 2.20. The van der Waals surface area contributed by atoms with Crippen LogP contribution in [0.15, 0.2) is 18.3 Å². The summed E-state index contributed by atoms with van der Waals surface area (Å²) < 4.78 is 0. The highest BCUT2D eigenvalue weighted by atomic mass is 79.9. The number of rotatable bonds is 2. The van der Waals surface area contributed by atoms with Gasteiger partial charge in [-0.25, -0.2) is 4.98 Å². The van der Waals surface area contributed by atoms with Crippen molar-refractivity contribution in [2.45, 2.75) is 12.8 Å². The van der Waals surface area contributed by atoms with Crippen molar-refractivity contribution in [3.8, 4) is 6.07 Å². The highest BCUT2D eigenvalue weighted by Crippen LogP contribution is 2.19. The lowest BCUT2D eigenvalue weighted by Crippen LogP contribution is -2.40. The molecular formula is C13H14BrN3O. The summed E-state index contributed by atoms with van der Waals surface area (Å²) in [5.41, 5.74) is 0.896. The van der Waals surface area contributed by atoms with Crippen molar-refractivity contribution in [3.05, 3.63) is 29.6 Å². The molecule has 4 nitrogen and oxygen atoms in total. The maximum Gasteiger partial charge on any atom is 0.272 e. The maximum atomic E-state index is 12.2. The number of nitrogens with zero attached hydrogens (tertiary/aromatic N) is 3. The van der Waals surface area contributed by atoms with Crippen molar-refractivity contribution < 1.29 is 4.79 Å². The summed E-state index contributed by atoms with van der Waals surface area (Å²) in [6, 6.07) is 5.25. The average molecular weight is 308 g/mol. The monoisotopic (exact) mass is 307 g/mol. The van der Waals surface area contributed by atoms with Crippen LogP contribution in [0.4, 0.5) is 0 Å². The van der Waals surface area contributed by atoms with Gasteiger partial charge in [0, 0.05) is 24.6 Å². The first-order valence-corrected chi connectivity index (χ1v) is 7.08. The van der Waals surface area contributed by atoms with E-state index in [-0.39, 0.29) is 5.91 Å². The van der Waals surface area contributed by atoms with Crippen molar-refractivity contribution >= 4 is 21.8 Å². The minimum atomic E-state index is -0.0369. The molecule has 1 fully saturated rings. The average Bonchev–Trinajstić information content (AvgIpc) is 2.46. The van der Waals surface area contributed by atoms with Gasteiger partial charge in [-0.1, -0.05) is 15.9 Å². The molecule has 0 aromatic carbocycles. The third kappa shape index (κ3) is 2.88. The van der Waals surface area contributed by atoms with Gasteiger partial charge in [-0.05, 0) is 30.9 Å². The molecule has 1 aromatic rings. The molecule has 5 heteroatoms. The third-order valence-corrected chi connectivity index (χ3v) is 4.05. The second-order valence-electron chi connectivity index (χ2n) is 4.46. The largest absolute Gasteiger partial charge is 0.337 e. The molecule has 2 heterocycles. The summed E-state index contributed by atoms with van der Waals surface area (Å²) in [6.45, 7) is 1.58. The molecule has 0 aliphatic carbocycles. The molecule has 1 saturated heterocycles. The number of carbonyl (C=O) groups excluding carboxylic acids is 1. The van der Waals surface area contributed by atoms with Gasteiger partial charge < -0.3 is 4.90 Å². The lowest BCUT2D eigenvalue weighted by molar-refractivity contribution is 0.0680. The van der Waals surface area contributed by atoms with Gasteiger partial charge in [0.1, 0.15) is 11.8 Å². The fourth-order valence-corrected chi connectivity index (χ4v) is 2.65. The summed E-state index contributed by atoms with van der Waals surface area (Å²) in [6.07, 6.45) is 3.65. The Bertz CT molecular complexity index is 466. The smallest absolute Gasteiger partial charge is 0.272 e. The number of alkyl halides is 1. The number of aromatic nitrogens is 1. The van der Waals surface area contributed by atoms with Crippen LogP contribution in [0, 0.1) is 17.2 Å². The van der Waals surface area contributed by atoms with Gasteiger partial charge in [0.15, 0.2) is 0 Å². The number of hydrogen-bond donors (Lipinski definition) is 0. The summed E-state index contributed by atoms with van der Waals surface area (Å²) in [7, 11) is 0. The molecule has 0 N–H and O–H groups in total. The van der Waals surface area contributed by atoms with Gasteiger partial charge in [0.25, 0.3) is 5.91 Å². The molecule has 1 atom stereocenters. The molecule has 18 heavy (non-hydrogen) atoms. The molecule has 94 valence electrons. The van der Waals surface area contributed by atoms with E-state index in [2.05, 4.69) is 20.9 Å².